The number of ether oxygens (including phenoxy) is 1. The topological polar surface area (TPSA) is 70.7 Å². The van der Waals surface area contributed by atoms with Gasteiger partial charge < -0.3 is 20.3 Å². The zero-order chi connectivity index (χ0) is 19.1. The van der Waals surface area contributed by atoms with Crippen LogP contribution in [0.5, 0.6) is 5.75 Å². The van der Waals surface area contributed by atoms with E-state index < -0.39 is 18.7 Å². The summed E-state index contributed by atoms with van der Waals surface area (Å²) in [4.78, 5) is 26.2. The molecule has 0 aromatic heterocycles. The Morgan fingerprint density at radius 1 is 1.04 bits per heavy atom. The highest BCUT2D eigenvalue weighted by Crippen LogP contribution is 2.19. The van der Waals surface area contributed by atoms with Crippen LogP contribution in [0.4, 0.5) is 13.6 Å². The molecule has 144 valence electrons. The molecular weight excluding hydrogens is 344 g/mol. The molecule has 1 aliphatic rings. The van der Waals surface area contributed by atoms with E-state index in [0.717, 1.165) is 37.9 Å². The highest BCUT2D eigenvalue weighted by atomic mass is 19.3. The molecule has 2 atom stereocenters. The number of likely N-dealkylation sites (tertiary alicyclic amines) is 1. The molecule has 1 saturated heterocycles. The van der Waals surface area contributed by atoms with Gasteiger partial charge >= 0.3 is 12.6 Å². The Labute approximate surface area is 151 Å². The minimum Gasteiger partial charge on any atom is -0.435 e. The molecule has 1 fully saturated rings. The van der Waals surface area contributed by atoms with Gasteiger partial charge in [0.1, 0.15) is 11.8 Å². The molecule has 3 amide bonds. The second-order valence-electron chi connectivity index (χ2n) is 6.39. The van der Waals surface area contributed by atoms with Crippen LogP contribution >= 0.6 is 0 Å². The molecule has 1 heterocycles. The molecule has 1 aromatic rings. The molecule has 0 bridgehead atoms. The van der Waals surface area contributed by atoms with Crippen LogP contribution in [0.3, 0.4) is 0 Å². The summed E-state index contributed by atoms with van der Waals surface area (Å²) < 4.78 is 28.6. The van der Waals surface area contributed by atoms with Crippen molar-refractivity contribution in [2.75, 3.05) is 13.1 Å². The van der Waals surface area contributed by atoms with Crippen LogP contribution in [0.1, 0.15) is 44.7 Å². The van der Waals surface area contributed by atoms with Crippen molar-refractivity contribution in [3.8, 4) is 5.75 Å². The summed E-state index contributed by atoms with van der Waals surface area (Å²) in [6.45, 7) is 2.02. The van der Waals surface area contributed by atoms with E-state index in [9.17, 15) is 18.4 Å². The van der Waals surface area contributed by atoms with Gasteiger partial charge in [0, 0.05) is 13.1 Å². The monoisotopic (exact) mass is 369 g/mol. The van der Waals surface area contributed by atoms with Gasteiger partial charge in [0.2, 0.25) is 5.91 Å². The first kappa shape index (κ1) is 19.9. The molecular formula is C18H25F2N3O3. The van der Waals surface area contributed by atoms with Crippen LogP contribution in [-0.2, 0) is 4.79 Å². The number of carbonyl (C=O) groups is 2. The quantitative estimate of drug-likeness (QED) is 0.810. The maximum atomic E-state index is 12.3. The van der Waals surface area contributed by atoms with Gasteiger partial charge in [0.25, 0.3) is 0 Å². The summed E-state index contributed by atoms with van der Waals surface area (Å²) in [5, 5.41) is 5.39. The van der Waals surface area contributed by atoms with Crippen LogP contribution in [0.25, 0.3) is 0 Å². The highest BCUT2D eigenvalue weighted by molar-refractivity contribution is 5.86. The third kappa shape index (κ3) is 5.86. The minimum absolute atomic E-state index is 0.0566. The molecule has 6 nitrogen and oxygen atoms in total. The lowest BCUT2D eigenvalue weighted by Gasteiger charge is -2.29. The maximum Gasteiger partial charge on any atom is 0.387 e. The Balaban J connectivity index is 1.83. The van der Waals surface area contributed by atoms with Crippen LogP contribution in [0.15, 0.2) is 24.3 Å². The van der Waals surface area contributed by atoms with E-state index >= 15 is 0 Å². The van der Waals surface area contributed by atoms with Gasteiger partial charge in [-0.15, -0.1) is 0 Å². The van der Waals surface area contributed by atoms with Gasteiger partial charge in [0.15, 0.2) is 0 Å². The summed E-state index contributed by atoms with van der Waals surface area (Å²) in [6.07, 6.45) is 3.12. The van der Waals surface area contributed by atoms with Gasteiger partial charge in [-0.1, -0.05) is 12.1 Å². The maximum absolute atomic E-state index is 12.3. The number of hydrogen-bond acceptors (Lipinski definition) is 3. The first-order chi connectivity index (χ1) is 12.4. The number of carbonyl (C=O) groups excluding carboxylic acids is 2. The zero-order valence-corrected chi connectivity index (χ0v) is 15.0. The first-order valence-electron chi connectivity index (χ1n) is 8.77. The van der Waals surface area contributed by atoms with Gasteiger partial charge in [-0.25, -0.2) is 4.79 Å². The summed E-state index contributed by atoms with van der Waals surface area (Å²) in [7, 11) is 0. The van der Waals surface area contributed by atoms with Crippen LogP contribution in [0, 0.1) is 0 Å². The van der Waals surface area contributed by atoms with Crippen molar-refractivity contribution < 1.29 is 23.1 Å². The van der Waals surface area contributed by atoms with Crippen LogP contribution in [-0.4, -0.2) is 42.6 Å². The number of urea groups is 1. The Hall–Kier alpha value is -2.38. The highest BCUT2D eigenvalue weighted by Gasteiger charge is 2.23. The van der Waals surface area contributed by atoms with E-state index in [2.05, 4.69) is 15.4 Å². The van der Waals surface area contributed by atoms with Crippen molar-refractivity contribution in [2.24, 2.45) is 0 Å². The smallest absolute Gasteiger partial charge is 0.387 e. The van der Waals surface area contributed by atoms with Gasteiger partial charge in [0.05, 0.1) is 6.04 Å². The predicted octanol–water partition coefficient (Wildman–Crippen LogP) is 3.05. The van der Waals surface area contributed by atoms with Crippen molar-refractivity contribution in [2.45, 2.75) is 51.8 Å². The molecule has 0 radical (unpaired) electrons. The van der Waals surface area contributed by atoms with Gasteiger partial charge in [-0.3, -0.25) is 4.79 Å². The first-order valence-corrected chi connectivity index (χ1v) is 8.77. The number of amides is 3. The Kier molecular flexibility index (Phi) is 7.17. The Morgan fingerprint density at radius 2 is 1.65 bits per heavy atom. The van der Waals surface area contributed by atoms with Crippen LogP contribution in [0.2, 0.25) is 0 Å². The number of rotatable bonds is 6. The number of hydrogen-bond donors (Lipinski definition) is 2. The molecule has 0 unspecified atom stereocenters. The Morgan fingerprint density at radius 3 is 2.23 bits per heavy atom. The van der Waals surface area contributed by atoms with Crippen molar-refractivity contribution in [3.63, 3.8) is 0 Å². The average molecular weight is 369 g/mol. The third-order valence-corrected chi connectivity index (χ3v) is 4.34. The van der Waals surface area contributed by atoms with E-state index in [4.69, 9.17) is 0 Å². The van der Waals surface area contributed by atoms with E-state index in [0.29, 0.717) is 0 Å². The number of piperidine rings is 1. The van der Waals surface area contributed by atoms with Crippen molar-refractivity contribution in [1.82, 2.24) is 15.5 Å². The van der Waals surface area contributed by atoms with Gasteiger partial charge in [-0.05, 0) is 50.8 Å². The number of halogens is 2. The lowest BCUT2D eigenvalue weighted by atomic mass is 10.1. The van der Waals surface area contributed by atoms with Gasteiger partial charge in [-0.2, -0.15) is 8.78 Å². The average Bonchev–Trinajstić information content (AvgIpc) is 2.61. The van der Waals surface area contributed by atoms with E-state index in [1.807, 2.05) is 0 Å². The van der Waals surface area contributed by atoms with E-state index in [1.54, 1.807) is 30.9 Å². The molecule has 1 aromatic carbocycles. The molecule has 26 heavy (non-hydrogen) atoms. The minimum atomic E-state index is -2.87. The predicted molar refractivity (Wildman–Crippen MR) is 93.0 cm³/mol. The molecule has 8 heteroatoms. The lowest BCUT2D eigenvalue weighted by Crippen LogP contribution is -2.51. The summed E-state index contributed by atoms with van der Waals surface area (Å²) in [5.74, 6) is -0.0258. The SMILES string of the molecule is C[C@H](NC(=O)N[C@@H](C)c1ccc(OC(F)F)cc1)C(=O)N1CCCCC1. The fraction of sp³-hybridized carbons (Fsp3) is 0.556. The lowest BCUT2D eigenvalue weighted by molar-refractivity contribution is -0.133. The molecule has 0 aliphatic carbocycles. The molecule has 2 N–H and O–H groups in total. The molecule has 0 saturated carbocycles. The summed E-state index contributed by atoms with van der Waals surface area (Å²) in [6, 6.07) is 4.62. The summed E-state index contributed by atoms with van der Waals surface area (Å²) >= 11 is 0. The van der Waals surface area contributed by atoms with E-state index in [1.165, 1.54) is 12.1 Å². The van der Waals surface area contributed by atoms with Crippen LogP contribution < -0.4 is 15.4 Å². The molecule has 1 aliphatic heterocycles. The second-order valence-corrected chi connectivity index (χ2v) is 6.39. The largest absolute Gasteiger partial charge is 0.435 e. The second kappa shape index (κ2) is 9.35. The molecule has 2 rings (SSSR count). The number of benzene rings is 1. The van der Waals surface area contributed by atoms with E-state index in [-0.39, 0.29) is 17.7 Å². The van der Waals surface area contributed by atoms with Crippen molar-refractivity contribution in [3.05, 3.63) is 29.8 Å². The number of alkyl halides is 2. The third-order valence-electron chi connectivity index (χ3n) is 4.34. The molecule has 0 spiro atoms. The van der Waals surface area contributed by atoms with Crippen molar-refractivity contribution >= 4 is 11.9 Å². The van der Waals surface area contributed by atoms with Crippen molar-refractivity contribution in [1.29, 1.82) is 0 Å². The zero-order valence-electron chi connectivity index (χ0n) is 15.0. The normalized spacial score (nSPS) is 16.7. The number of nitrogens with zero attached hydrogens (tertiary/aromatic N) is 1. The fourth-order valence-corrected chi connectivity index (χ4v) is 2.91. The standard InChI is InChI=1S/C18H25F2N3O3/c1-12(14-6-8-15(9-7-14)26-17(19)20)21-18(25)22-13(2)16(24)23-10-4-3-5-11-23/h6-9,12-13,17H,3-5,10-11H2,1-2H3,(H2,21,22,25)/t12-,13-/m0/s1. The Bertz CT molecular complexity index is 604. The summed E-state index contributed by atoms with van der Waals surface area (Å²) in [5.41, 5.74) is 0.733. The fourth-order valence-electron chi connectivity index (χ4n) is 2.91. The number of nitrogens with one attached hydrogen (secondary N) is 2.